The Kier molecular flexibility index (Phi) is 6.15. The highest BCUT2D eigenvalue weighted by Crippen LogP contribution is 2.32. The summed E-state index contributed by atoms with van der Waals surface area (Å²) in [6.07, 6.45) is 3.26. The zero-order valence-corrected chi connectivity index (χ0v) is 17.3. The van der Waals surface area contributed by atoms with Crippen LogP contribution in [0.1, 0.15) is 5.56 Å². The molecule has 31 heavy (non-hydrogen) atoms. The maximum Gasteiger partial charge on any atom is 0.242 e. The van der Waals surface area contributed by atoms with Crippen LogP contribution in [0.2, 0.25) is 0 Å². The van der Waals surface area contributed by atoms with Gasteiger partial charge in [0.05, 0.1) is 16.8 Å². The first kappa shape index (κ1) is 20.8. The lowest BCUT2D eigenvalue weighted by atomic mass is 10.1. The van der Waals surface area contributed by atoms with Crippen molar-refractivity contribution in [3.8, 4) is 11.5 Å². The SMILES string of the molecule is O=C(Nc1cccnc1)[C@@H](Cc1ccccc1)NS(=O)(=O)c1ccc2c(c1)OCCO2. The maximum atomic E-state index is 13.1. The second-order valence-corrected chi connectivity index (χ2v) is 8.61. The highest BCUT2D eigenvalue weighted by Gasteiger charge is 2.27. The molecule has 0 fully saturated rings. The number of carbonyl (C=O) groups excluding carboxylic acids is 1. The van der Waals surface area contributed by atoms with Crippen molar-refractivity contribution in [1.29, 1.82) is 0 Å². The number of amides is 1. The third kappa shape index (κ3) is 5.19. The number of rotatable bonds is 7. The average Bonchev–Trinajstić information content (AvgIpc) is 2.79. The molecule has 160 valence electrons. The summed E-state index contributed by atoms with van der Waals surface area (Å²) in [6, 6.07) is 15.9. The fraction of sp³-hybridized carbons (Fsp3) is 0.182. The van der Waals surface area contributed by atoms with Crippen molar-refractivity contribution in [3.63, 3.8) is 0 Å². The molecule has 2 aromatic carbocycles. The van der Waals surface area contributed by atoms with E-state index in [4.69, 9.17) is 9.47 Å². The zero-order chi connectivity index (χ0) is 21.7. The molecule has 2 heterocycles. The Balaban J connectivity index is 1.59. The summed E-state index contributed by atoms with van der Waals surface area (Å²) in [4.78, 5) is 16.9. The normalized spacial score (nSPS) is 13.9. The second kappa shape index (κ2) is 9.15. The number of anilines is 1. The van der Waals surface area contributed by atoms with Crippen molar-refractivity contribution in [2.45, 2.75) is 17.4 Å². The van der Waals surface area contributed by atoms with Crippen LogP contribution >= 0.6 is 0 Å². The third-order valence-electron chi connectivity index (χ3n) is 4.65. The first-order chi connectivity index (χ1) is 15.0. The summed E-state index contributed by atoms with van der Waals surface area (Å²) < 4.78 is 39.6. The highest BCUT2D eigenvalue weighted by atomic mass is 32.2. The highest BCUT2D eigenvalue weighted by molar-refractivity contribution is 7.89. The number of pyridine rings is 1. The Hall–Kier alpha value is -3.43. The Labute approximate surface area is 180 Å². The van der Waals surface area contributed by atoms with Crippen molar-refractivity contribution in [2.24, 2.45) is 0 Å². The molecule has 0 bridgehead atoms. The number of ether oxygens (including phenoxy) is 2. The van der Waals surface area contributed by atoms with Crippen LogP contribution in [-0.4, -0.2) is 38.6 Å². The fourth-order valence-electron chi connectivity index (χ4n) is 3.15. The van der Waals surface area contributed by atoms with Gasteiger partial charge in [0, 0.05) is 12.3 Å². The van der Waals surface area contributed by atoms with Gasteiger partial charge < -0.3 is 14.8 Å². The molecule has 1 aliphatic heterocycles. The minimum absolute atomic E-state index is 0.0102. The van der Waals surface area contributed by atoms with E-state index in [1.165, 1.54) is 18.3 Å². The molecule has 8 nitrogen and oxygen atoms in total. The van der Waals surface area contributed by atoms with Gasteiger partial charge in [-0.1, -0.05) is 30.3 Å². The van der Waals surface area contributed by atoms with Crippen molar-refractivity contribution in [2.75, 3.05) is 18.5 Å². The number of benzene rings is 2. The van der Waals surface area contributed by atoms with Crippen LogP contribution in [0.5, 0.6) is 11.5 Å². The molecule has 9 heteroatoms. The smallest absolute Gasteiger partial charge is 0.242 e. The van der Waals surface area contributed by atoms with Gasteiger partial charge in [-0.25, -0.2) is 8.42 Å². The standard InChI is InChI=1S/C22H21N3O5S/c26-22(24-17-7-4-10-23-15-17)19(13-16-5-2-1-3-6-16)25-31(27,28)18-8-9-20-21(14-18)30-12-11-29-20/h1-10,14-15,19,25H,11-13H2,(H,24,26)/t19-/m1/s1. The summed E-state index contributed by atoms with van der Waals surface area (Å²) in [6.45, 7) is 0.749. The number of aromatic nitrogens is 1. The van der Waals surface area contributed by atoms with Gasteiger partial charge in [-0.05, 0) is 36.2 Å². The van der Waals surface area contributed by atoms with Crippen molar-refractivity contribution in [3.05, 3.63) is 78.6 Å². The number of hydrogen-bond donors (Lipinski definition) is 2. The molecule has 0 spiro atoms. The van der Waals surface area contributed by atoms with Crippen molar-refractivity contribution < 1.29 is 22.7 Å². The quantitative estimate of drug-likeness (QED) is 0.585. The van der Waals surface area contributed by atoms with Crippen LogP contribution in [0.3, 0.4) is 0 Å². The van der Waals surface area contributed by atoms with E-state index < -0.39 is 22.0 Å². The molecular formula is C22H21N3O5S. The van der Waals surface area contributed by atoms with Crippen LogP contribution in [0, 0.1) is 0 Å². The van der Waals surface area contributed by atoms with Gasteiger partial charge in [-0.15, -0.1) is 0 Å². The molecule has 2 N–H and O–H groups in total. The van der Waals surface area contributed by atoms with Crippen LogP contribution in [-0.2, 0) is 21.2 Å². The topological polar surface area (TPSA) is 107 Å². The molecule has 1 aromatic heterocycles. The Bertz CT molecular complexity index is 1150. The van der Waals surface area contributed by atoms with Gasteiger partial charge in [0.1, 0.15) is 19.3 Å². The Morgan fingerprint density at radius 3 is 2.52 bits per heavy atom. The van der Waals surface area contributed by atoms with E-state index in [-0.39, 0.29) is 11.3 Å². The Morgan fingerprint density at radius 2 is 1.77 bits per heavy atom. The van der Waals surface area contributed by atoms with E-state index in [2.05, 4.69) is 15.0 Å². The van der Waals surface area contributed by atoms with E-state index in [0.717, 1.165) is 5.56 Å². The Morgan fingerprint density at radius 1 is 1.00 bits per heavy atom. The molecule has 4 rings (SSSR count). The number of fused-ring (bicyclic) bond motifs is 1. The third-order valence-corrected chi connectivity index (χ3v) is 6.12. The van der Waals surface area contributed by atoms with E-state index >= 15 is 0 Å². The summed E-state index contributed by atoms with van der Waals surface area (Å²) in [7, 11) is -4.01. The average molecular weight is 439 g/mol. The predicted octanol–water partition coefficient (Wildman–Crippen LogP) is 2.38. The summed E-state index contributed by atoms with van der Waals surface area (Å²) in [5.41, 5.74) is 1.29. The van der Waals surface area contributed by atoms with E-state index in [0.29, 0.717) is 30.4 Å². The van der Waals surface area contributed by atoms with Crippen molar-refractivity contribution in [1.82, 2.24) is 9.71 Å². The van der Waals surface area contributed by atoms with Gasteiger partial charge in [0.25, 0.3) is 0 Å². The summed E-state index contributed by atoms with van der Waals surface area (Å²) in [5, 5.41) is 2.71. The summed E-state index contributed by atoms with van der Waals surface area (Å²) in [5.74, 6) is 0.354. The van der Waals surface area contributed by atoms with Gasteiger partial charge in [0.2, 0.25) is 15.9 Å². The molecule has 1 atom stereocenters. The number of hydrogen-bond acceptors (Lipinski definition) is 6. The summed E-state index contributed by atoms with van der Waals surface area (Å²) >= 11 is 0. The first-order valence-corrected chi connectivity index (χ1v) is 11.2. The minimum Gasteiger partial charge on any atom is -0.486 e. The molecule has 3 aromatic rings. The molecule has 0 saturated carbocycles. The number of nitrogens with one attached hydrogen (secondary N) is 2. The van der Waals surface area contributed by atoms with E-state index in [9.17, 15) is 13.2 Å². The lowest BCUT2D eigenvalue weighted by Crippen LogP contribution is -2.45. The van der Waals surface area contributed by atoms with Crippen LogP contribution in [0.4, 0.5) is 5.69 Å². The van der Waals surface area contributed by atoms with Crippen LogP contribution in [0.25, 0.3) is 0 Å². The van der Waals surface area contributed by atoms with Crippen molar-refractivity contribution >= 4 is 21.6 Å². The maximum absolute atomic E-state index is 13.1. The molecule has 0 aliphatic carbocycles. The molecule has 1 aliphatic rings. The number of nitrogens with zero attached hydrogens (tertiary/aromatic N) is 1. The molecule has 0 saturated heterocycles. The number of sulfonamides is 1. The van der Waals surface area contributed by atoms with E-state index in [1.807, 2.05) is 30.3 Å². The predicted molar refractivity (Wildman–Crippen MR) is 115 cm³/mol. The monoisotopic (exact) mass is 439 g/mol. The molecule has 1 amide bonds. The molecular weight excluding hydrogens is 418 g/mol. The van der Waals surface area contributed by atoms with E-state index in [1.54, 1.807) is 24.4 Å². The second-order valence-electron chi connectivity index (χ2n) is 6.90. The van der Waals surface area contributed by atoms with Gasteiger partial charge in [-0.3, -0.25) is 9.78 Å². The first-order valence-electron chi connectivity index (χ1n) is 9.68. The number of carbonyl (C=O) groups is 1. The fourth-order valence-corrected chi connectivity index (χ4v) is 4.36. The minimum atomic E-state index is -4.01. The molecule has 0 radical (unpaired) electrons. The van der Waals surface area contributed by atoms with Gasteiger partial charge >= 0.3 is 0 Å². The zero-order valence-electron chi connectivity index (χ0n) is 16.5. The lowest BCUT2D eigenvalue weighted by Gasteiger charge is -2.21. The molecule has 0 unspecified atom stereocenters. The van der Waals surface area contributed by atoms with Gasteiger partial charge in [-0.2, -0.15) is 4.72 Å². The van der Waals surface area contributed by atoms with Crippen LogP contribution in [0.15, 0.2) is 78.0 Å². The largest absolute Gasteiger partial charge is 0.486 e. The lowest BCUT2D eigenvalue weighted by molar-refractivity contribution is -0.117. The van der Waals surface area contributed by atoms with Crippen LogP contribution < -0.4 is 19.5 Å². The van der Waals surface area contributed by atoms with Gasteiger partial charge in [0.15, 0.2) is 11.5 Å².